The van der Waals surface area contributed by atoms with Crippen molar-refractivity contribution < 1.29 is 0 Å². The van der Waals surface area contributed by atoms with Gasteiger partial charge in [0.25, 0.3) is 0 Å². The van der Waals surface area contributed by atoms with Gasteiger partial charge >= 0.3 is 0 Å². The van der Waals surface area contributed by atoms with Crippen LogP contribution in [0.1, 0.15) is 56.6 Å². The first kappa shape index (κ1) is 13.7. The van der Waals surface area contributed by atoms with Crippen molar-refractivity contribution in [3.63, 3.8) is 0 Å². The third kappa shape index (κ3) is 2.20. The van der Waals surface area contributed by atoms with Gasteiger partial charge < -0.3 is 5.73 Å². The van der Waals surface area contributed by atoms with E-state index in [-0.39, 0.29) is 11.0 Å². The van der Waals surface area contributed by atoms with Gasteiger partial charge in [-0.05, 0) is 30.4 Å². The van der Waals surface area contributed by atoms with Gasteiger partial charge in [-0.2, -0.15) is 0 Å². The minimum atomic E-state index is -0.611. The van der Waals surface area contributed by atoms with E-state index in [1.165, 1.54) is 30.4 Å². The van der Waals surface area contributed by atoms with Gasteiger partial charge in [0.15, 0.2) is 0 Å². The number of alkyl halides is 2. The number of benzene rings is 1. The summed E-state index contributed by atoms with van der Waals surface area (Å²) in [4.78, 5) is 0. The Labute approximate surface area is 125 Å². The zero-order valence-electron chi connectivity index (χ0n) is 11.4. The molecule has 0 aliphatic heterocycles. The molecule has 2 aliphatic rings. The van der Waals surface area contributed by atoms with Crippen molar-refractivity contribution in [2.75, 3.05) is 0 Å². The fourth-order valence-electron chi connectivity index (χ4n) is 3.36. The maximum Gasteiger partial charge on any atom is 0.128 e. The van der Waals surface area contributed by atoms with Gasteiger partial charge in [-0.15, -0.1) is 23.2 Å². The first-order valence-electron chi connectivity index (χ1n) is 7.15. The zero-order valence-corrected chi connectivity index (χ0v) is 12.9. The Hall–Kier alpha value is -0.240. The number of halogens is 2. The van der Waals surface area contributed by atoms with Crippen molar-refractivity contribution in [1.82, 2.24) is 0 Å². The van der Waals surface area contributed by atoms with E-state index in [4.69, 9.17) is 28.9 Å². The average molecular weight is 298 g/mol. The highest BCUT2D eigenvalue weighted by atomic mass is 35.5. The molecule has 19 heavy (non-hydrogen) atoms. The minimum Gasteiger partial charge on any atom is -0.321 e. The van der Waals surface area contributed by atoms with E-state index < -0.39 is 4.33 Å². The van der Waals surface area contributed by atoms with E-state index in [1.54, 1.807) is 0 Å². The second kappa shape index (κ2) is 4.38. The Morgan fingerprint density at radius 3 is 2.21 bits per heavy atom. The van der Waals surface area contributed by atoms with E-state index in [1.807, 2.05) is 0 Å². The molecule has 104 valence electrons. The van der Waals surface area contributed by atoms with Gasteiger partial charge in [-0.25, -0.2) is 0 Å². The second-order valence-corrected chi connectivity index (χ2v) is 7.99. The van der Waals surface area contributed by atoms with E-state index in [2.05, 4.69) is 31.2 Å². The summed E-state index contributed by atoms with van der Waals surface area (Å²) < 4.78 is -0.611. The fraction of sp³-hybridized carbons (Fsp3) is 0.625. The van der Waals surface area contributed by atoms with Crippen LogP contribution >= 0.6 is 23.2 Å². The van der Waals surface area contributed by atoms with Gasteiger partial charge in [0, 0.05) is 11.0 Å². The molecular formula is C16H21Cl2N. The summed E-state index contributed by atoms with van der Waals surface area (Å²) >= 11 is 12.6. The van der Waals surface area contributed by atoms with E-state index in [0.29, 0.717) is 0 Å². The summed E-state index contributed by atoms with van der Waals surface area (Å²) in [5, 5.41) is 0. The van der Waals surface area contributed by atoms with Crippen molar-refractivity contribution in [1.29, 1.82) is 0 Å². The summed E-state index contributed by atoms with van der Waals surface area (Å²) in [5.41, 5.74) is 8.83. The van der Waals surface area contributed by atoms with Crippen LogP contribution in [0.4, 0.5) is 0 Å². The lowest BCUT2D eigenvalue weighted by atomic mass is 9.76. The molecule has 0 amide bonds. The normalized spacial score (nSPS) is 32.0. The minimum absolute atomic E-state index is 0.114. The van der Waals surface area contributed by atoms with Gasteiger partial charge in [0.05, 0.1) is 0 Å². The topological polar surface area (TPSA) is 26.0 Å². The van der Waals surface area contributed by atoms with Crippen LogP contribution in [0, 0.1) is 0 Å². The molecule has 1 atom stereocenters. The average Bonchev–Trinajstić information content (AvgIpc) is 2.91. The first-order chi connectivity index (χ1) is 8.87. The molecular weight excluding hydrogens is 277 g/mol. The van der Waals surface area contributed by atoms with Crippen molar-refractivity contribution >= 4 is 23.2 Å². The quantitative estimate of drug-likeness (QED) is 0.791. The number of hydrogen-bond donors (Lipinski definition) is 1. The molecule has 2 saturated carbocycles. The van der Waals surface area contributed by atoms with Crippen molar-refractivity contribution in [2.24, 2.45) is 5.73 Å². The molecule has 1 unspecified atom stereocenters. The highest BCUT2D eigenvalue weighted by Crippen LogP contribution is 2.64. The molecule has 0 bridgehead atoms. The SMILES string of the molecule is CC1(c2cccc(C3(N)CCCCC3)c2)CC1(Cl)Cl. The molecule has 0 saturated heterocycles. The molecule has 3 heteroatoms. The van der Waals surface area contributed by atoms with Crippen molar-refractivity contribution in [3.8, 4) is 0 Å². The van der Waals surface area contributed by atoms with E-state index >= 15 is 0 Å². The summed E-state index contributed by atoms with van der Waals surface area (Å²) in [7, 11) is 0. The van der Waals surface area contributed by atoms with Crippen LogP contribution in [-0.2, 0) is 11.0 Å². The van der Waals surface area contributed by atoms with Crippen LogP contribution in [0.2, 0.25) is 0 Å². The summed E-state index contributed by atoms with van der Waals surface area (Å²) in [6.45, 7) is 2.14. The molecule has 1 nitrogen and oxygen atoms in total. The van der Waals surface area contributed by atoms with Crippen LogP contribution in [0.3, 0.4) is 0 Å². The lowest BCUT2D eigenvalue weighted by molar-refractivity contribution is 0.302. The Morgan fingerprint density at radius 2 is 1.63 bits per heavy atom. The molecule has 1 aromatic carbocycles. The molecule has 2 fully saturated rings. The van der Waals surface area contributed by atoms with Gasteiger partial charge in [-0.3, -0.25) is 0 Å². The zero-order chi connectivity index (χ0) is 13.7. The Kier molecular flexibility index (Phi) is 3.16. The Morgan fingerprint density at radius 1 is 1.05 bits per heavy atom. The molecule has 3 rings (SSSR count). The first-order valence-corrected chi connectivity index (χ1v) is 7.91. The molecule has 2 N–H and O–H groups in total. The van der Waals surface area contributed by atoms with Crippen LogP contribution in [-0.4, -0.2) is 4.33 Å². The largest absolute Gasteiger partial charge is 0.321 e. The molecule has 0 spiro atoms. The Bertz CT molecular complexity index is 491. The summed E-state index contributed by atoms with van der Waals surface area (Å²) in [6.07, 6.45) is 6.76. The summed E-state index contributed by atoms with van der Waals surface area (Å²) in [5.74, 6) is 0. The maximum absolute atomic E-state index is 6.61. The third-order valence-electron chi connectivity index (χ3n) is 5.08. The van der Waals surface area contributed by atoms with Crippen molar-refractivity contribution in [3.05, 3.63) is 35.4 Å². The number of hydrogen-bond acceptors (Lipinski definition) is 1. The molecule has 2 aliphatic carbocycles. The Balaban J connectivity index is 1.93. The van der Waals surface area contributed by atoms with Crippen LogP contribution in [0.5, 0.6) is 0 Å². The van der Waals surface area contributed by atoms with Gasteiger partial charge in [0.1, 0.15) is 4.33 Å². The van der Waals surface area contributed by atoms with Crippen LogP contribution in [0.15, 0.2) is 24.3 Å². The van der Waals surface area contributed by atoms with E-state index in [9.17, 15) is 0 Å². The van der Waals surface area contributed by atoms with Gasteiger partial charge in [0.2, 0.25) is 0 Å². The standard InChI is InChI=1S/C16H21Cl2N/c1-14(11-16(14,17)18)12-6-5-7-13(10-12)15(19)8-3-2-4-9-15/h5-7,10H,2-4,8-9,11,19H2,1H3. The lowest BCUT2D eigenvalue weighted by Gasteiger charge is -2.34. The highest BCUT2D eigenvalue weighted by molar-refractivity contribution is 6.52. The van der Waals surface area contributed by atoms with Gasteiger partial charge in [-0.1, -0.05) is 50.5 Å². The summed E-state index contributed by atoms with van der Waals surface area (Å²) in [6, 6.07) is 8.62. The molecule has 0 heterocycles. The molecule has 0 aromatic heterocycles. The lowest BCUT2D eigenvalue weighted by Crippen LogP contribution is -2.38. The molecule has 0 radical (unpaired) electrons. The van der Waals surface area contributed by atoms with Crippen LogP contribution in [0.25, 0.3) is 0 Å². The predicted molar refractivity (Wildman–Crippen MR) is 81.8 cm³/mol. The predicted octanol–water partition coefficient (Wildman–Crippen LogP) is 4.64. The van der Waals surface area contributed by atoms with Crippen molar-refractivity contribution in [2.45, 2.75) is 60.7 Å². The smallest absolute Gasteiger partial charge is 0.128 e. The fourth-order valence-corrected chi connectivity index (χ4v) is 4.11. The monoisotopic (exact) mass is 297 g/mol. The highest BCUT2D eigenvalue weighted by Gasteiger charge is 2.63. The number of nitrogens with two attached hydrogens (primary N) is 1. The van der Waals surface area contributed by atoms with Crippen LogP contribution < -0.4 is 5.73 Å². The second-order valence-electron chi connectivity index (χ2n) is 6.51. The maximum atomic E-state index is 6.61. The van der Waals surface area contributed by atoms with E-state index in [0.717, 1.165) is 19.3 Å². The third-order valence-corrected chi connectivity index (χ3v) is 6.18. The molecule has 1 aromatic rings. The number of rotatable bonds is 2.